The maximum Gasteiger partial charge on any atom is 0.203 e. The van der Waals surface area contributed by atoms with E-state index >= 15 is 0 Å². The molecule has 1 aliphatic heterocycles. The molecule has 1 spiro atoms. The lowest BCUT2D eigenvalue weighted by atomic mass is 9.68. The fourth-order valence-electron chi connectivity index (χ4n) is 4.04. The Balaban J connectivity index is 0.00000261. The molecular formula is C20H32IN3O3. The van der Waals surface area contributed by atoms with Gasteiger partial charge in [0.2, 0.25) is 5.75 Å². The first-order valence-corrected chi connectivity index (χ1v) is 9.48. The fraction of sp³-hybridized carbons (Fsp3) is 0.650. The Morgan fingerprint density at radius 2 is 1.85 bits per heavy atom. The molecule has 1 aromatic carbocycles. The third-order valence-corrected chi connectivity index (χ3v) is 5.62. The average Bonchev–Trinajstić information content (AvgIpc) is 3.09. The Kier molecular flexibility index (Phi) is 7.88. The van der Waals surface area contributed by atoms with Crippen LogP contribution in [0.25, 0.3) is 0 Å². The minimum absolute atomic E-state index is 0. The Bertz CT molecular complexity index is 637. The van der Waals surface area contributed by atoms with Gasteiger partial charge in [0, 0.05) is 26.7 Å². The number of likely N-dealkylation sites (tertiary alicyclic amines) is 1. The highest BCUT2D eigenvalue weighted by Gasteiger charge is 2.43. The highest BCUT2D eigenvalue weighted by Crippen LogP contribution is 2.47. The van der Waals surface area contributed by atoms with Crippen LogP contribution in [0.2, 0.25) is 0 Å². The number of hydrogen-bond acceptors (Lipinski definition) is 4. The molecule has 3 rings (SSSR count). The third kappa shape index (κ3) is 4.73. The summed E-state index contributed by atoms with van der Waals surface area (Å²) in [5.74, 6) is 3.00. The lowest BCUT2D eigenvalue weighted by molar-refractivity contribution is 0.151. The van der Waals surface area contributed by atoms with Crippen molar-refractivity contribution in [2.45, 2.75) is 39.2 Å². The van der Waals surface area contributed by atoms with Crippen LogP contribution >= 0.6 is 24.0 Å². The van der Waals surface area contributed by atoms with Gasteiger partial charge in [0.25, 0.3) is 0 Å². The van der Waals surface area contributed by atoms with Gasteiger partial charge in [-0.05, 0) is 49.3 Å². The summed E-state index contributed by atoms with van der Waals surface area (Å²) in [4.78, 5) is 6.88. The Morgan fingerprint density at radius 3 is 2.30 bits per heavy atom. The number of guanidine groups is 1. The average molecular weight is 489 g/mol. The van der Waals surface area contributed by atoms with Gasteiger partial charge < -0.3 is 24.4 Å². The summed E-state index contributed by atoms with van der Waals surface area (Å²) in [5, 5.41) is 3.49. The summed E-state index contributed by atoms with van der Waals surface area (Å²) in [6, 6.07) is 3.98. The van der Waals surface area contributed by atoms with Crippen LogP contribution in [-0.4, -0.2) is 51.8 Å². The largest absolute Gasteiger partial charge is 0.493 e. The first-order chi connectivity index (χ1) is 12.6. The first kappa shape index (κ1) is 21.9. The molecule has 1 N–H and O–H groups in total. The number of nitrogens with zero attached hydrogens (tertiary/aromatic N) is 2. The molecule has 1 saturated heterocycles. The van der Waals surface area contributed by atoms with Crippen LogP contribution in [0.15, 0.2) is 17.1 Å². The Labute approximate surface area is 179 Å². The van der Waals surface area contributed by atoms with Gasteiger partial charge in [0.05, 0.1) is 20.8 Å². The number of methoxy groups -OCH3 is 2. The molecule has 0 atom stereocenters. The summed E-state index contributed by atoms with van der Waals surface area (Å²) in [6.45, 7) is 5.39. The number of aliphatic imine (C=N–C) groups is 1. The van der Waals surface area contributed by atoms with Crippen LogP contribution in [0.1, 0.15) is 38.2 Å². The first-order valence-electron chi connectivity index (χ1n) is 9.48. The maximum absolute atomic E-state index is 5.67. The molecular weight excluding hydrogens is 457 g/mol. The predicted octanol–water partition coefficient (Wildman–Crippen LogP) is 3.67. The van der Waals surface area contributed by atoms with E-state index in [9.17, 15) is 0 Å². The Hall–Kier alpha value is -1.38. The van der Waals surface area contributed by atoms with Crippen LogP contribution in [0, 0.1) is 5.41 Å². The molecule has 1 saturated carbocycles. The molecule has 2 fully saturated rings. The van der Waals surface area contributed by atoms with E-state index in [2.05, 4.69) is 15.2 Å². The van der Waals surface area contributed by atoms with Crippen molar-refractivity contribution in [3.63, 3.8) is 0 Å². The molecule has 6 nitrogen and oxygen atoms in total. The molecule has 1 aromatic rings. The number of ether oxygens (including phenoxy) is 3. The molecule has 7 heteroatoms. The number of nitrogens with one attached hydrogen (secondary N) is 1. The zero-order chi connectivity index (χ0) is 18.6. The Morgan fingerprint density at radius 1 is 1.19 bits per heavy atom. The molecule has 0 amide bonds. The number of benzene rings is 1. The van der Waals surface area contributed by atoms with Crippen molar-refractivity contribution in [1.82, 2.24) is 10.2 Å². The molecule has 27 heavy (non-hydrogen) atoms. The monoisotopic (exact) mass is 489 g/mol. The molecule has 1 aliphatic carbocycles. The topological polar surface area (TPSA) is 55.3 Å². The van der Waals surface area contributed by atoms with E-state index in [0.717, 1.165) is 24.6 Å². The van der Waals surface area contributed by atoms with Gasteiger partial charge in [0.1, 0.15) is 0 Å². The minimum Gasteiger partial charge on any atom is -0.493 e. The minimum atomic E-state index is 0. The standard InChI is InChI=1S/C20H31N3O3.HI/c1-5-26-18-16(24-3)11-15(12-17(18)25-4)13-22-19(21-2)23-10-9-20(14-23)7-6-8-20;/h11-12H,5-10,13-14H2,1-4H3,(H,21,22);1H. The molecule has 2 aliphatic rings. The van der Waals surface area contributed by atoms with Gasteiger partial charge in [-0.15, -0.1) is 24.0 Å². The van der Waals surface area contributed by atoms with Gasteiger partial charge >= 0.3 is 0 Å². The zero-order valence-electron chi connectivity index (χ0n) is 16.8. The number of halogens is 1. The van der Waals surface area contributed by atoms with Gasteiger partial charge in [-0.1, -0.05) is 6.42 Å². The molecule has 0 aromatic heterocycles. The van der Waals surface area contributed by atoms with Crippen molar-refractivity contribution >= 4 is 29.9 Å². The lowest BCUT2D eigenvalue weighted by Gasteiger charge is -2.38. The fourth-order valence-corrected chi connectivity index (χ4v) is 4.04. The van der Waals surface area contributed by atoms with Crippen LogP contribution in [0.4, 0.5) is 0 Å². The van der Waals surface area contributed by atoms with Crippen LogP contribution in [0.3, 0.4) is 0 Å². The van der Waals surface area contributed by atoms with Crippen molar-refractivity contribution in [2.75, 3.05) is 41.0 Å². The molecule has 0 radical (unpaired) electrons. The summed E-state index contributed by atoms with van der Waals surface area (Å²) in [5.41, 5.74) is 1.63. The van der Waals surface area contributed by atoms with Crippen LogP contribution < -0.4 is 19.5 Å². The van der Waals surface area contributed by atoms with E-state index in [-0.39, 0.29) is 24.0 Å². The van der Waals surface area contributed by atoms with Gasteiger partial charge in [-0.3, -0.25) is 4.99 Å². The van der Waals surface area contributed by atoms with Crippen molar-refractivity contribution in [2.24, 2.45) is 10.4 Å². The summed E-state index contributed by atoms with van der Waals surface area (Å²) < 4.78 is 16.7. The van der Waals surface area contributed by atoms with E-state index < -0.39 is 0 Å². The second-order valence-corrected chi connectivity index (χ2v) is 7.19. The van der Waals surface area contributed by atoms with Crippen molar-refractivity contribution in [3.05, 3.63) is 17.7 Å². The van der Waals surface area contributed by atoms with Crippen molar-refractivity contribution in [3.8, 4) is 17.2 Å². The molecule has 0 bridgehead atoms. The summed E-state index contributed by atoms with van der Waals surface area (Å²) in [6.07, 6.45) is 5.41. The second kappa shape index (κ2) is 9.71. The lowest BCUT2D eigenvalue weighted by Crippen LogP contribution is -2.42. The van der Waals surface area contributed by atoms with Crippen molar-refractivity contribution in [1.29, 1.82) is 0 Å². The van der Waals surface area contributed by atoms with Crippen molar-refractivity contribution < 1.29 is 14.2 Å². The van der Waals surface area contributed by atoms with E-state index in [1.165, 1.54) is 25.7 Å². The molecule has 0 unspecified atom stereocenters. The zero-order valence-corrected chi connectivity index (χ0v) is 19.2. The quantitative estimate of drug-likeness (QED) is 0.376. The van der Waals surface area contributed by atoms with E-state index in [1.807, 2.05) is 26.1 Å². The van der Waals surface area contributed by atoms with Gasteiger partial charge in [-0.25, -0.2) is 0 Å². The van der Waals surface area contributed by atoms with Gasteiger partial charge in [-0.2, -0.15) is 0 Å². The van der Waals surface area contributed by atoms with E-state index in [0.29, 0.717) is 35.8 Å². The smallest absolute Gasteiger partial charge is 0.203 e. The van der Waals surface area contributed by atoms with Gasteiger partial charge in [0.15, 0.2) is 17.5 Å². The molecule has 152 valence electrons. The third-order valence-electron chi connectivity index (χ3n) is 5.62. The van der Waals surface area contributed by atoms with Crippen LogP contribution in [-0.2, 0) is 6.54 Å². The second-order valence-electron chi connectivity index (χ2n) is 7.19. The molecule has 1 heterocycles. The number of hydrogen-bond donors (Lipinski definition) is 1. The SMILES string of the molecule is CCOc1c(OC)cc(CNC(=NC)N2CCC3(CCC3)C2)cc1OC.I. The van der Waals surface area contributed by atoms with E-state index in [1.54, 1.807) is 14.2 Å². The number of rotatable bonds is 6. The predicted molar refractivity (Wildman–Crippen MR) is 119 cm³/mol. The highest BCUT2D eigenvalue weighted by atomic mass is 127. The maximum atomic E-state index is 5.67. The normalized spacial score (nSPS) is 17.9. The highest BCUT2D eigenvalue weighted by molar-refractivity contribution is 14.0. The van der Waals surface area contributed by atoms with E-state index in [4.69, 9.17) is 14.2 Å². The summed E-state index contributed by atoms with van der Waals surface area (Å²) >= 11 is 0. The summed E-state index contributed by atoms with van der Waals surface area (Å²) in [7, 11) is 5.15. The van der Waals surface area contributed by atoms with Crippen LogP contribution in [0.5, 0.6) is 17.2 Å².